The van der Waals surface area contributed by atoms with Crippen LogP contribution in [0.25, 0.3) is 6.08 Å². The van der Waals surface area contributed by atoms with Crippen LogP contribution in [0.4, 0.5) is 0 Å². The van der Waals surface area contributed by atoms with E-state index in [0.717, 1.165) is 5.56 Å². The number of rotatable bonds is 4. The van der Waals surface area contributed by atoms with Gasteiger partial charge in [-0.2, -0.15) is 0 Å². The molecule has 3 heteroatoms. The monoisotopic (exact) mass is 299 g/mol. The average molecular weight is 299 g/mol. The predicted molar refractivity (Wildman–Crippen MR) is 88.6 cm³/mol. The highest BCUT2D eigenvalue weighted by Gasteiger charge is 2.28. The zero-order valence-corrected chi connectivity index (χ0v) is 13.4. The minimum atomic E-state index is -0.184. The van der Waals surface area contributed by atoms with Crippen LogP contribution < -0.4 is 0 Å². The van der Waals surface area contributed by atoms with E-state index in [0.29, 0.717) is 12.5 Å². The highest BCUT2D eigenvalue weighted by molar-refractivity contribution is 5.72. The molecule has 1 unspecified atom stereocenters. The van der Waals surface area contributed by atoms with E-state index in [1.807, 2.05) is 12.1 Å². The van der Waals surface area contributed by atoms with E-state index >= 15 is 0 Å². The molecular weight excluding hydrogens is 274 g/mol. The number of nitrogens with zero attached hydrogens (tertiary/aromatic N) is 1. The number of ether oxygens (including phenoxy) is 1. The zero-order chi connectivity index (χ0) is 15.4. The van der Waals surface area contributed by atoms with Gasteiger partial charge in [-0.05, 0) is 49.9 Å². The highest BCUT2D eigenvalue weighted by Crippen LogP contribution is 2.31. The van der Waals surface area contributed by atoms with Crippen LogP contribution in [0.15, 0.2) is 29.8 Å². The SMILES string of the molecule is COC(=O)Cc1ccc(/C=C2\CCCCC2N2CCC2)cc1. The number of hydrogen-bond acceptors (Lipinski definition) is 3. The fourth-order valence-corrected chi connectivity index (χ4v) is 3.44. The van der Waals surface area contributed by atoms with Crippen molar-refractivity contribution in [1.82, 2.24) is 4.90 Å². The molecule has 0 bridgehead atoms. The number of benzene rings is 1. The maximum absolute atomic E-state index is 11.3. The van der Waals surface area contributed by atoms with Crippen molar-refractivity contribution in [3.63, 3.8) is 0 Å². The minimum Gasteiger partial charge on any atom is -0.469 e. The Morgan fingerprint density at radius 2 is 2.00 bits per heavy atom. The fraction of sp³-hybridized carbons (Fsp3) is 0.526. The van der Waals surface area contributed by atoms with Crippen LogP contribution in [0.1, 0.15) is 43.2 Å². The van der Waals surface area contributed by atoms with E-state index in [4.69, 9.17) is 4.74 Å². The van der Waals surface area contributed by atoms with Crippen LogP contribution in [-0.4, -0.2) is 37.1 Å². The maximum atomic E-state index is 11.3. The van der Waals surface area contributed by atoms with Crippen molar-refractivity contribution >= 4 is 12.0 Å². The first kappa shape index (κ1) is 15.3. The molecule has 1 aliphatic heterocycles. The lowest BCUT2D eigenvalue weighted by atomic mass is 9.86. The van der Waals surface area contributed by atoms with Gasteiger partial charge < -0.3 is 4.74 Å². The van der Waals surface area contributed by atoms with Crippen LogP contribution in [0.3, 0.4) is 0 Å². The second-order valence-corrected chi connectivity index (χ2v) is 6.36. The molecule has 0 spiro atoms. The molecular formula is C19H25NO2. The normalized spacial score (nSPS) is 24.0. The fourth-order valence-electron chi connectivity index (χ4n) is 3.44. The summed E-state index contributed by atoms with van der Waals surface area (Å²) in [5, 5.41) is 0. The number of methoxy groups -OCH3 is 1. The second-order valence-electron chi connectivity index (χ2n) is 6.36. The summed E-state index contributed by atoms with van der Waals surface area (Å²) in [7, 11) is 1.43. The van der Waals surface area contributed by atoms with E-state index in [2.05, 4.69) is 23.1 Å². The van der Waals surface area contributed by atoms with Crippen LogP contribution in [-0.2, 0) is 16.0 Å². The van der Waals surface area contributed by atoms with Gasteiger partial charge in [-0.1, -0.05) is 42.3 Å². The Morgan fingerprint density at radius 1 is 1.23 bits per heavy atom. The average Bonchev–Trinajstić information content (AvgIpc) is 2.49. The summed E-state index contributed by atoms with van der Waals surface area (Å²) in [5.41, 5.74) is 3.85. The van der Waals surface area contributed by atoms with Gasteiger partial charge in [-0.3, -0.25) is 9.69 Å². The molecule has 0 radical (unpaired) electrons. The summed E-state index contributed by atoms with van der Waals surface area (Å²) >= 11 is 0. The molecule has 2 aliphatic rings. The molecule has 3 rings (SSSR count). The molecule has 0 N–H and O–H groups in total. The van der Waals surface area contributed by atoms with Gasteiger partial charge in [0.25, 0.3) is 0 Å². The highest BCUT2D eigenvalue weighted by atomic mass is 16.5. The number of likely N-dealkylation sites (tertiary alicyclic amines) is 1. The maximum Gasteiger partial charge on any atom is 0.309 e. The summed E-state index contributed by atoms with van der Waals surface area (Å²) in [6, 6.07) is 8.97. The molecule has 22 heavy (non-hydrogen) atoms. The summed E-state index contributed by atoms with van der Waals surface area (Å²) < 4.78 is 4.71. The molecule has 1 atom stereocenters. The van der Waals surface area contributed by atoms with E-state index < -0.39 is 0 Å². The second kappa shape index (κ2) is 7.10. The van der Waals surface area contributed by atoms with Gasteiger partial charge in [0.2, 0.25) is 0 Å². The number of esters is 1. The Balaban J connectivity index is 1.70. The van der Waals surface area contributed by atoms with Gasteiger partial charge in [0, 0.05) is 6.04 Å². The molecule has 1 heterocycles. The van der Waals surface area contributed by atoms with Crippen molar-refractivity contribution in [2.75, 3.05) is 20.2 Å². The van der Waals surface area contributed by atoms with Crippen LogP contribution in [0, 0.1) is 0 Å². The van der Waals surface area contributed by atoms with Gasteiger partial charge >= 0.3 is 5.97 Å². The van der Waals surface area contributed by atoms with Gasteiger partial charge in [-0.15, -0.1) is 0 Å². The van der Waals surface area contributed by atoms with E-state index in [-0.39, 0.29) is 5.97 Å². The minimum absolute atomic E-state index is 0.184. The standard InChI is InChI=1S/C19H25NO2/c1-22-19(21)14-16-9-7-15(8-10-16)13-17-5-2-3-6-18(17)20-11-4-12-20/h7-10,13,18H,2-6,11-12,14H2,1H3/b17-13+. The first-order valence-corrected chi connectivity index (χ1v) is 8.36. The molecule has 2 fully saturated rings. The van der Waals surface area contributed by atoms with Gasteiger partial charge in [0.15, 0.2) is 0 Å². The van der Waals surface area contributed by atoms with E-state index in [1.54, 1.807) is 5.57 Å². The molecule has 1 saturated heterocycles. The third kappa shape index (κ3) is 3.58. The summed E-state index contributed by atoms with van der Waals surface area (Å²) in [6.07, 6.45) is 9.28. The van der Waals surface area contributed by atoms with Crippen LogP contribution in [0.5, 0.6) is 0 Å². The van der Waals surface area contributed by atoms with Crippen LogP contribution in [0.2, 0.25) is 0 Å². The number of carbonyl (C=O) groups is 1. The Morgan fingerprint density at radius 3 is 2.64 bits per heavy atom. The number of carbonyl (C=O) groups excluding carboxylic acids is 1. The Labute approximate surface area is 133 Å². The smallest absolute Gasteiger partial charge is 0.309 e. The summed E-state index contributed by atoms with van der Waals surface area (Å²) in [4.78, 5) is 13.9. The van der Waals surface area contributed by atoms with Crippen molar-refractivity contribution in [2.45, 2.75) is 44.6 Å². The molecule has 3 nitrogen and oxygen atoms in total. The Kier molecular flexibility index (Phi) is 4.94. The third-order valence-electron chi connectivity index (χ3n) is 4.86. The Hall–Kier alpha value is -1.61. The van der Waals surface area contributed by atoms with Gasteiger partial charge in [0.05, 0.1) is 13.5 Å². The van der Waals surface area contributed by atoms with Gasteiger partial charge in [0.1, 0.15) is 0 Å². The van der Waals surface area contributed by atoms with Crippen molar-refractivity contribution in [3.05, 3.63) is 41.0 Å². The van der Waals surface area contributed by atoms with E-state index in [1.165, 1.54) is 57.9 Å². The third-order valence-corrected chi connectivity index (χ3v) is 4.86. The lowest BCUT2D eigenvalue weighted by Gasteiger charge is -2.42. The molecule has 1 aliphatic carbocycles. The quantitative estimate of drug-likeness (QED) is 0.798. The van der Waals surface area contributed by atoms with Crippen molar-refractivity contribution in [3.8, 4) is 0 Å². The Bertz CT molecular complexity index is 543. The molecule has 1 aromatic rings. The van der Waals surface area contributed by atoms with E-state index in [9.17, 15) is 4.79 Å². The first-order chi connectivity index (χ1) is 10.8. The molecule has 1 aromatic carbocycles. The summed E-state index contributed by atoms with van der Waals surface area (Å²) in [5.74, 6) is -0.184. The number of hydrogen-bond donors (Lipinski definition) is 0. The predicted octanol–water partition coefficient (Wildman–Crippen LogP) is 3.43. The topological polar surface area (TPSA) is 29.5 Å². The lowest BCUT2D eigenvalue weighted by Crippen LogP contribution is -2.46. The zero-order valence-electron chi connectivity index (χ0n) is 13.4. The first-order valence-electron chi connectivity index (χ1n) is 8.36. The van der Waals surface area contributed by atoms with Crippen molar-refractivity contribution in [2.24, 2.45) is 0 Å². The lowest BCUT2D eigenvalue weighted by molar-refractivity contribution is -0.139. The molecule has 1 saturated carbocycles. The van der Waals surface area contributed by atoms with Crippen molar-refractivity contribution < 1.29 is 9.53 Å². The summed E-state index contributed by atoms with van der Waals surface area (Å²) in [6.45, 7) is 2.53. The molecule has 0 aromatic heterocycles. The largest absolute Gasteiger partial charge is 0.469 e. The van der Waals surface area contributed by atoms with Crippen molar-refractivity contribution in [1.29, 1.82) is 0 Å². The van der Waals surface area contributed by atoms with Gasteiger partial charge in [-0.25, -0.2) is 0 Å². The molecule has 0 amide bonds. The van der Waals surface area contributed by atoms with Crippen LogP contribution >= 0.6 is 0 Å². The molecule has 118 valence electrons.